The van der Waals surface area contributed by atoms with Crippen LogP contribution in [0.25, 0.3) is 0 Å². The van der Waals surface area contributed by atoms with Crippen molar-refractivity contribution in [3.05, 3.63) is 0 Å². The maximum Gasteiger partial charge on any atom is 2.00 e. The van der Waals surface area contributed by atoms with Crippen LogP contribution in [0.1, 0.15) is 5.71 Å². The van der Waals surface area contributed by atoms with Crippen molar-refractivity contribution in [2.45, 2.75) is 0 Å². The maximum atomic E-state index is 8.26. The third-order valence-corrected chi connectivity index (χ3v) is 0. The zero-order valence-corrected chi connectivity index (χ0v) is 10.7. The Bertz CT molecular complexity index is 20.5. The van der Waals surface area contributed by atoms with Crippen LogP contribution in [0, 0.1) is 0 Å². The molecule has 1 radical (unpaired) electrons. The Hall–Kier alpha value is 3.25. The fraction of sp³-hybridized carbons (Fsp3) is 0. The van der Waals surface area contributed by atoms with Crippen molar-refractivity contribution in [1.82, 2.24) is 0 Å². The molecule has 0 rings (SSSR count). The van der Waals surface area contributed by atoms with E-state index in [0.29, 0.717) is 19.8 Å². The zero-order valence-electron chi connectivity index (χ0n) is 6.61. The van der Waals surface area contributed by atoms with Crippen LogP contribution in [0.15, 0.2) is 0 Å². The fourth-order valence-electron chi connectivity index (χ4n) is 0. The van der Waals surface area contributed by atoms with E-state index in [9.17, 15) is 0 Å². The molecule has 0 aliphatic rings. The van der Waals surface area contributed by atoms with E-state index in [2.05, 4.69) is 0 Å². The van der Waals surface area contributed by atoms with Gasteiger partial charge in [-0.05, 0) is 0 Å². The van der Waals surface area contributed by atoms with Crippen molar-refractivity contribution in [2.24, 2.45) is 0 Å². The van der Waals surface area contributed by atoms with Gasteiger partial charge in [0.25, 0.3) is 0 Å². The normalized spacial score (nSPS) is 0.800. The predicted molar refractivity (Wildman–Crippen MR) is 16.6 cm³/mol. The molecule has 0 aromatic heterocycles. The Kier molecular flexibility index (Phi) is 129. The number of hydrogen-bond acceptors (Lipinski definition) is 1. The first-order valence-corrected chi connectivity index (χ1v) is 0.986. The topological polar surface area (TPSA) is 17.1 Å². The van der Waals surface area contributed by atoms with Crippen molar-refractivity contribution in [3.63, 3.8) is 0 Å². The molecule has 0 aromatic rings. The van der Waals surface area contributed by atoms with Gasteiger partial charge in [-0.15, -0.1) is 0 Å². The van der Waals surface area contributed by atoms with Crippen LogP contribution in [0.4, 0.5) is 0 Å². The minimum absolute atomic E-state index is 0. The van der Waals surface area contributed by atoms with Crippen LogP contribution < -0.4 is 0 Å². The van der Waals surface area contributed by atoms with Crippen LogP contribution in [0.5, 0.6) is 0 Å². The van der Waals surface area contributed by atoms with Gasteiger partial charge in [0, 0.05) is 17.1 Å². The third kappa shape index (κ3) is 18.9. The van der Waals surface area contributed by atoms with Gasteiger partial charge < -0.3 is 5.71 Å². The van der Waals surface area contributed by atoms with Crippen molar-refractivity contribution in [1.29, 1.82) is 0 Å². The summed E-state index contributed by atoms with van der Waals surface area (Å²) in [7, 11) is 0. The molecule has 5 heavy (non-hydrogen) atoms. The molecular weight excluding hydrogens is 279 g/mol. The Labute approximate surface area is 112 Å². The Balaban J connectivity index is -0.000000000238. The fourth-order valence-corrected chi connectivity index (χ4v) is 0. The quantitative estimate of drug-likeness (QED) is 0.551. The van der Waals surface area contributed by atoms with Crippen molar-refractivity contribution in [3.8, 4) is 0 Å². The summed E-state index contributed by atoms with van der Waals surface area (Å²) in [5, 5.41) is 0. The van der Waals surface area contributed by atoms with Gasteiger partial charge in [0.1, 0.15) is 0 Å². The van der Waals surface area contributed by atoms with E-state index in [4.69, 9.17) is 3.40 Å². The van der Waals surface area contributed by atoms with Gasteiger partial charge in [-0.3, -0.25) is 0 Å². The largest absolute Gasteiger partial charge is 2.00 e. The maximum absolute atomic E-state index is 8.26. The standard InChI is InChI=1S/Mg.Mn.Mo.O.Sr.4H/q+2;;;;+2;4*-1. The molecular formula is H4MgMnMoOSr. The Morgan fingerprint density at radius 2 is 1.40 bits per heavy atom. The van der Waals surface area contributed by atoms with Crippen LogP contribution in [-0.2, 0) is 40.2 Å². The molecule has 27 valence electrons. The van der Waals surface area contributed by atoms with Crippen LogP contribution in [0.2, 0.25) is 0 Å². The van der Waals surface area contributed by atoms with E-state index >= 15 is 0 Å². The zero-order chi connectivity index (χ0) is 2.00. The summed E-state index contributed by atoms with van der Waals surface area (Å²) in [5.74, 6) is 0. The number of hydrogen-bond donors (Lipinski definition) is 0. The molecule has 0 bridgehead atoms. The van der Waals surface area contributed by atoms with Crippen molar-refractivity contribution in [2.75, 3.05) is 0 Å². The summed E-state index contributed by atoms with van der Waals surface area (Å²) in [5.41, 5.74) is 0. The second-order valence-corrected chi connectivity index (χ2v) is 0. The first-order chi connectivity index (χ1) is 1.00. The third-order valence-electron chi connectivity index (χ3n) is 0. The molecule has 0 saturated heterocycles. The minimum atomic E-state index is 0. The second-order valence-electron chi connectivity index (χ2n) is 0. The SMILES string of the molecule is [H-].[H-].[H-].[H-].[Mg+2].[Mn].[O]=[Mo].[Sr+2]. The van der Waals surface area contributed by atoms with E-state index in [-0.39, 0.29) is 91.3 Å². The molecule has 0 atom stereocenters. The Morgan fingerprint density at radius 3 is 1.40 bits per heavy atom. The van der Waals surface area contributed by atoms with Crippen LogP contribution in [0.3, 0.4) is 0 Å². The van der Waals surface area contributed by atoms with Crippen molar-refractivity contribution < 1.29 is 46.0 Å². The molecule has 0 fully saturated rings. The summed E-state index contributed by atoms with van der Waals surface area (Å²) < 4.78 is 8.26. The van der Waals surface area contributed by atoms with Crippen LogP contribution >= 0.6 is 0 Å². The number of rotatable bonds is 0. The summed E-state index contributed by atoms with van der Waals surface area (Å²) in [6.07, 6.45) is 0. The van der Waals surface area contributed by atoms with Gasteiger partial charge in [-0.25, -0.2) is 0 Å². The monoisotopic (exact) mass is 285 g/mol. The molecule has 0 heterocycles. The van der Waals surface area contributed by atoms with Gasteiger partial charge in [0.15, 0.2) is 0 Å². The summed E-state index contributed by atoms with van der Waals surface area (Å²) in [4.78, 5) is 0. The molecule has 0 aliphatic heterocycles. The first-order valence-electron chi connectivity index (χ1n) is 0.167. The van der Waals surface area contributed by atoms with E-state index in [1.165, 1.54) is 0 Å². The molecule has 5 heteroatoms. The molecule has 0 saturated carbocycles. The van der Waals surface area contributed by atoms with Gasteiger partial charge in [-0.2, -0.15) is 0 Å². The molecule has 0 amide bonds. The van der Waals surface area contributed by atoms with Crippen molar-refractivity contribution >= 4 is 68.5 Å². The van der Waals surface area contributed by atoms with Gasteiger partial charge in [-0.1, -0.05) is 0 Å². The van der Waals surface area contributed by atoms with E-state index in [1.54, 1.807) is 0 Å². The molecule has 0 aromatic carbocycles. The van der Waals surface area contributed by atoms with Gasteiger partial charge in [0.2, 0.25) is 0 Å². The average Bonchev–Trinajstić information content (AvgIpc) is 1.00. The summed E-state index contributed by atoms with van der Waals surface area (Å²) in [6.45, 7) is 0. The van der Waals surface area contributed by atoms with Gasteiger partial charge in [0.05, 0.1) is 0 Å². The minimum Gasteiger partial charge on any atom is 2.00 e. The first kappa shape index (κ1) is 24.0. The molecule has 0 unspecified atom stereocenters. The smallest absolute Gasteiger partial charge is 2.00 e. The van der Waals surface area contributed by atoms with Gasteiger partial charge >= 0.3 is 91.7 Å². The van der Waals surface area contributed by atoms with Crippen LogP contribution in [-0.4, -0.2) is 68.5 Å². The summed E-state index contributed by atoms with van der Waals surface area (Å²) in [6, 6.07) is 0. The Morgan fingerprint density at radius 1 is 1.40 bits per heavy atom. The molecule has 0 spiro atoms. The van der Waals surface area contributed by atoms with E-state index in [1.807, 2.05) is 0 Å². The second kappa shape index (κ2) is 26.8. The molecule has 0 aliphatic carbocycles. The molecule has 1 nitrogen and oxygen atoms in total. The van der Waals surface area contributed by atoms with E-state index in [0.717, 1.165) is 0 Å². The predicted octanol–water partition coefficient (Wildman–Crippen LogP) is -0.435. The summed E-state index contributed by atoms with van der Waals surface area (Å²) >= 11 is 0.700. The van der Waals surface area contributed by atoms with E-state index < -0.39 is 0 Å². The average molecular weight is 283 g/mol. The molecule has 0 N–H and O–H groups in total.